The first-order valence-electron chi connectivity index (χ1n) is 11.9. The van der Waals surface area contributed by atoms with Crippen molar-refractivity contribution in [3.8, 4) is 11.4 Å². The molecule has 1 amide bonds. The lowest BCUT2D eigenvalue weighted by molar-refractivity contribution is -0.115. The number of ether oxygens (including phenoxy) is 1. The van der Waals surface area contributed by atoms with Gasteiger partial charge in [-0.25, -0.2) is 0 Å². The lowest BCUT2D eigenvalue weighted by atomic mass is 10.0. The maximum absolute atomic E-state index is 12.0. The molecule has 3 heterocycles. The van der Waals surface area contributed by atoms with Crippen LogP contribution in [0.25, 0.3) is 5.69 Å². The van der Waals surface area contributed by atoms with Gasteiger partial charge in [-0.05, 0) is 66.8 Å². The van der Waals surface area contributed by atoms with Crippen molar-refractivity contribution in [1.82, 2.24) is 14.9 Å². The number of thiocarbonyl (C=S) groups is 1. The van der Waals surface area contributed by atoms with Gasteiger partial charge in [0.25, 0.3) is 0 Å². The van der Waals surface area contributed by atoms with Crippen LogP contribution in [0.2, 0.25) is 0 Å². The molecule has 1 aliphatic heterocycles. The van der Waals surface area contributed by atoms with Gasteiger partial charge in [-0.3, -0.25) is 9.78 Å². The Kier molecular flexibility index (Phi) is 7.25. The number of halogens is 1. The predicted octanol–water partition coefficient (Wildman–Crippen LogP) is 6.17. The molecule has 2 aromatic carbocycles. The van der Waals surface area contributed by atoms with E-state index in [9.17, 15) is 4.79 Å². The van der Waals surface area contributed by atoms with Gasteiger partial charge in [0.2, 0.25) is 5.91 Å². The molecule has 0 aliphatic carbocycles. The summed E-state index contributed by atoms with van der Waals surface area (Å²) in [6, 6.07) is 23.5. The Hall–Kier alpha value is -3.69. The zero-order valence-electron chi connectivity index (χ0n) is 20.4. The summed E-state index contributed by atoms with van der Waals surface area (Å²) in [5.74, 6) is 0.480. The van der Waals surface area contributed by atoms with Crippen LogP contribution in [0.1, 0.15) is 36.8 Å². The number of anilines is 2. The van der Waals surface area contributed by atoms with Gasteiger partial charge in [-0.1, -0.05) is 35.0 Å². The molecule has 1 fully saturated rings. The van der Waals surface area contributed by atoms with E-state index in [4.69, 9.17) is 17.0 Å². The Balaban J connectivity index is 1.63. The predicted molar refractivity (Wildman–Crippen MR) is 153 cm³/mol. The fraction of sp³-hybridized carbons (Fsp3) is 0.179. The van der Waals surface area contributed by atoms with Gasteiger partial charge in [0.15, 0.2) is 5.11 Å². The van der Waals surface area contributed by atoms with Crippen molar-refractivity contribution in [2.75, 3.05) is 17.3 Å². The molecule has 4 aromatic rings. The maximum atomic E-state index is 12.0. The molecule has 5 rings (SSSR count). The highest BCUT2D eigenvalue weighted by molar-refractivity contribution is 9.10. The average molecular weight is 577 g/mol. The molecule has 2 atom stereocenters. The summed E-state index contributed by atoms with van der Waals surface area (Å²) in [6.07, 6.45) is 4.23. The molecular weight excluding hydrogens is 550 g/mol. The number of carbonyl (C=O) groups is 1. The molecule has 2 N–H and O–H groups in total. The van der Waals surface area contributed by atoms with Gasteiger partial charge in [0.05, 0.1) is 24.5 Å². The molecular formula is C28H26BrN5O2S. The van der Waals surface area contributed by atoms with Gasteiger partial charge >= 0.3 is 0 Å². The first-order valence-corrected chi connectivity index (χ1v) is 13.1. The van der Waals surface area contributed by atoms with Crippen LogP contribution >= 0.6 is 28.1 Å². The third-order valence-electron chi connectivity index (χ3n) is 6.33. The Labute approximate surface area is 229 Å². The molecule has 0 saturated carbocycles. The third kappa shape index (κ3) is 4.97. The van der Waals surface area contributed by atoms with Crippen LogP contribution in [-0.4, -0.2) is 27.7 Å². The van der Waals surface area contributed by atoms with E-state index in [1.165, 1.54) is 0 Å². The fourth-order valence-electron chi connectivity index (χ4n) is 4.60. The van der Waals surface area contributed by atoms with Gasteiger partial charge in [0, 0.05) is 46.4 Å². The van der Waals surface area contributed by atoms with Crippen LogP contribution in [-0.2, 0) is 4.79 Å². The molecule has 9 heteroatoms. The Morgan fingerprint density at radius 1 is 1.11 bits per heavy atom. The second kappa shape index (κ2) is 10.7. The van der Waals surface area contributed by atoms with E-state index >= 15 is 0 Å². The fourth-order valence-corrected chi connectivity index (χ4v) is 5.33. The van der Waals surface area contributed by atoms with Gasteiger partial charge in [0.1, 0.15) is 11.8 Å². The van der Waals surface area contributed by atoms with Gasteiger partial charge in [-0.15, -0.1) is 0 Å². The van der Waals surface area contributed by atoms with Crippen LogP contribution in [0.15, 0.2) is 89.7 Å². The summed E-state index contributed by atoms with van der Waals surface area (Å²) in [5, 5.41) is 6.98. The number of methoxy groups -OCH3 is 1. The smallest absolute Gasteiger partial charge is 0.224 e. The molecule has 0 radical (unpaired) electrons. The Morgan fingerprint density at radius 2 is 1.97 bits per heavy atom. The van der Waals surface area contributed by atoms with Crippen molar-refractivity contribution in [3.63, 3.8) is 0 Å². The SMILES string of the molecule is CCC(=O)Nc1ccc(N2C(=S)N[C@H](c3ccccn3)[C@H]2c2cccn2-c2cccc(Br)c2)cc1OC. The lowest BCUT2D eigenvalue weighted by Gasteiger charge is -2.29. The summed E-state index contributed by atoms with van der Waals surface area (Å²) >= 11 is 9.49. The minimum absolute atomic E-state index is 0.0793. The summed E-state index contributed by atoms with van der Waals surface area (Å²) < 4.78 is 8.81. The molecule has 0 bridgehead atoms. The largest absolute Gasteiger partial charge is 0.494 e. The third-order valence-corrected chi connectivity index (χ3v) is 7.13. The first kappa shape index (κ1) is 25.0. The minimum Gasteiger partial charge on any atom is -0.494 e. The number of pyridine rings is 1. The molecule has 1 aliphatic rings. The van der Waals surface area contributed by atoms with E-state index in [0.717, 1.165) is 27.2 Å². The van der Waals surface area contributed by atoms with E-state index in [1.54, 1.807) is 13.3 Å². The normalized spacial score (nSPS) is 16.9. The number of nitrogens with one attached hydrogen (secondary N) is 2. The van der Waals surface area contributed by atoms with E-state index in [1.807, 2.05) is 61.5 Å². The number of aromatic nitrogens is 2. The number of rotatable bonds is 7. The first-order chi connectivity index (χ1) is 18.0. The van der Waals surface area contributed by atoms with Crippen LogP contribution in [0, 0.1) is 0 Å². The van der Waals surface area contributed by atoms with Gasteiger partial charge < -0.3 is 24.8 Å². The zero-order chi connectivity index (χ0) is 25.9. The highest BCUT2D eigenvalue weighted by Crippen LogP contribution is 2.44. The summed E-state index contributed by atoms with van der Waals surface area (Å²) in [4.78, 5) is 18.8. The number of amides is 1. The highest BCUT2D eigenvalue weighted by atomic mass is 79.9. The standard InChI is InChI=1S/C28H26BrN5O2S/c1-3-25(35)31-21-13-12-20(17-24(21)36-2)34-27(26(32-28(34)37)22-10-4-5-14-30-22)23-11-7-15-33(23)19-9-6-8-18(29)16-19/h4-17,26-27H,3H2,1-2H3,(H,31,35)(H,32,37)/t26-,27-/m1/s1. The zero-order valence-corrected chi connectivity index (χ0v) is 22.8. The number of nitrogens with zero attached hydrogens (tertiary/aromatic N) is 3. The highest BCUT2D eigenvalue weighted by Gasteiger charge is 2.42. The quantitative estimate of drug-likeness (QED) is 0.257. The Bertz CT molecular complexity index is 1440. The monoisotopic (exact) mass is 575 g/mol. The summed E-state index contributed by atoms with van der Waals surface area (Å²) in [6.45, 7) is 1.81. The van der Waals surface area contributed by atoms with Crippen molar-refractivity contribution in [3.05, 3.63) is 101 Å². The van der Waals surface area contributed by atoms with Gasteiger partial charge in [-0.2, -0.15) is 0 Å². The number of hydrogen-bond donors (Lipinski definition) is 2. The molecule has 0 unspecified atom stereocenters. The molecule has 188 valence electrons. The molecule has 0 spiro atoms. The van der Waals surface area contributed by atoms with Crippen molar-refractivity contribution in [1.29, 1.82) is 0 Å². The van der Waals surface area contributed by atoms with Crippen LogP contribution in [0.4, 0.5) is 11.4 Å². The maximum Gasteiger partial charge on any atom is 0.224 e. The Morgan fingerprint density at radius 3 is 2.70 bits per heavy atom. The van der Waals surface area contributed by atoms with Crippen molar-refractivity contribution in [2.24, 2.45) is 0 Å². The lowest BCUT2D eigenvalue weighted by Crippen LogP contribution is -2.30. The number of hydrogen-bond acceptors (Lipinski definition) is 4. The number of benzene rings is 2. The van der Waals surface area contributed by atoms with Crippen LogP contribution in [0.3, 0.4) is 0 Å². The summed E-state index contributed by atoms with van der Waals surface area (Å²) in [5.41, 5.74) is 4.42. The van der Waals surface area contributed by atoms with Crippen molar-refractivity contribution < 1.29 is 9.53 Å². The molecule has 7 nitrogen and oxygen atoms in total. The number of carbonyl (C=O) groups excluding carboxylic acids is 1. The topological polar surface area (TPSA) is 71.4 Å². The second-order valence-electron chi connectivity index (χ2n) is 8.57. The van der Waals surface area contributed by atoms with E-state index in [-0.39, 0.29) is 18.0 Å². The van der Waals surface area contributed by atoms with E-state index in [0.29, 0.717) is 23.0 Å². The van der Waals surface area contributed by atoms with Crippen molar-refractivity contribution >= 4 is 50.5 Å². The molecule has 1 saturated heterocycles. The van der Waals surface area contributed by atoms with Crippen molar-refractivity contribution in [2.45, 2.75) is 25.4 Å². The van der Waals surface area contributed by atoms with Crippen LogP contribution < -0.4 is 20.3 Å². The molecule has 2 aromatic heterocycles. The second-order valence-corrected chi connectivity index (χ2v) is 9.87. The van der Waals surface area contributed by atoms with Crippen LogP contribution in [0.5, 0.6) is 5.75 Å². The molecule has 37 heavy (non-hydrogen) atoms. The average Bonchev–Trinajstić information content (AvgIpc) is 3.53. The van der Waals surface area contributed by atoms with E-state index < -0.39 is 0 Å². The van der Waals surface area contributed by atoms with E-state index in [2.05, 4.69) is 65.4 Å². The summed E-state index contributed by atoms with van der Waals surface area (Å²) in [7, 11) is 1.59. The minimum atomic E-state index is -0.211.